The molecule has 2 nitrogen and oxygen atoms in total. The van der Waals surface area contributed by atoms with E-state index in [-0.39, 0.29) is 0 Å². The van der Waals surface area contributed by atoms with Gasteiger partial charge < -0.3 is 0 Å². The Balaban J connectivity index is 1.97. The molecular weight excluding hydrogens is 287 g/mol. The predicted octanol–water partition coefficient (Wildman–Crippen LogP) is 1.98. The summed E-state index contributed by atoms with van der Waals surface area (Å²) < 4.78 is 1.19. The number of hydrogen-bond donors (Lipinski definition) is 1. The topological polar surface area (TPSA) is 37.3 Å². The average molecular weight is 297 g/mol. The van der Waals surface area contributed by atoms with Gasteiger partial charge in [-0.3, -0.25) is 0 Å². The molecule has 0 spiro atoms. The first-order chi connectivity index (χ1) is 7.75. The van der Waals surface area contributed by atoms with Gasteiger partial charge in [-0.2, -0.15) is 0 Å². The van der Waals surface area contributed by atoms with Crippen molar-refractivity contribution in [2.75, 3.05) is 0 Å². The third-order valence-electron chi connectivity index (χ3n) is 2.02. The Bertz CT molecular complexity index is 479. The summed E-state index contributed by atoms with van der Waals surface area (Å²) in [7, 11) is 0. The summed E-state index contributed by atoms with van der Waals surface area (Å²) in [5.74, 6) is -0.827. The van der Waals surface area contributed by atoms with Crippen molar-refractivity contribution in [3.8, 4) is 0 Å². The van der Waals surface area contributed by atoms with Crippen molar-refractivity contribution in [3.05, 3.63) is 52.9 Å². The van der Waals surface area contributed by atoms with Crippen molar-refractivity contribution in [2.24, 2.45) is 0 Å². The van der Waals surface area contributed by atoms with E-state index >= 15 is 0 Å². The maximum atomic E-state index is 10.7. The SMILES string of the molecule is O=C(O)c1ccc([Se]Cc2ccccc2)s1. The van der Waals surface area contributed by atoms with E-state index in [1.165, 1.54) is 20.7 Å². The van der Waals surface area contributed by atoms with Crippen LogP contribution in [0.25, 0.3) is 0 Å². The molecule has 0 fully saturated rings. The molecule has 16 heavy (non-hydrogen) atoms. The summed E-state index contributed by atoms with van der Waals surface area (Å²) in [4.78, 5) is 11.1. The third-order valence-corrected chi connectivity index (χ3v) is 5.91. The Morgan fingerprint density at radius 3 is 2.56 bits per heavy atom. The van der Waals surface area contributed by atoms with E-state index in [9.17, 15) is 4.79 Å². The molecule has 0 saturated heterocycles. The van der Waals surface area contributed by atoms with E-state index in [2.05, 4.69) is 12.1 Å². The van der Waals surface area contributed by atoms with Gasteiger partial charge in [0.15, 0.2) is 0 Å². The quantitative estimate of drug-likeness (QED) is 0.876. The van der Waals surface area contributed by atoms with Crippen LogP contribution >= 0.6 is 11.3 Å². The molecular formula is C12H10O2SSe. The van der Waals surface area contributed by atoms with Crippen molar-refractivity contribution in [3.63, 3.8) is 0 Å². The maximum absolute atomic E-state index is 10.7. The summed E-state index contributed by atoms with van der Waals surface area (Å²) in [6.45, 7) is 0. The van der Waals surface area contributed by atoms with E-state index in [1.54, 1.807) is 6.07 Å². The van der Waals surface area contributed by atoms with E-state index < -0.39 is 5.97 Å². The number of thiophene rings is 1. The van der Waals surface area contributed by atoms with Gasteiger partial charge in [0.25, 0.3) is 0 Å². The molecule has 0 aliphatic carbocycles. The Morgan fingerprint density at radius 2 is 1.94 bits per heavy atom. The average Bonchev–Trinajstić information content (AvgIpc) is 2.76. The fourth-order valence-electron chi connectivity index (χ4n) is 1.24. The molecule has 2 rings (SSSR count). The molecule has 0 radical (unpaired) electrons. The first kappa shape index (κ1) is 11.4. The summed E-state index contributed by atoms with van der Waals surface area (Å²) in [6.07, 6.45) is 0. The molecule has 0 aliphatic heterocycles. The minimum absolute atomic E-state index is 0.333. The molecule has 0 atom stereocenters. The molecule has 4 heteroatoms. The minimum atomic E-state index is -0.827. The van der Waals surface area contributed by atoms with Crippen LogP contribution in [0.3, 0.4) is 0 Å². The fourth-order valence-corrected chi connectivity index (χ4v) is 4.52. The van der Waals surface area contributed by atoms with Gasteiger partial charge in [0.05, 0.1) is 0 Å². The summed E-state index contributed by atoms with van der Waals surface area (Å²) >= 11 is 1.72. The summed E-state index contributed by atoms with van der Waals surface area (Å²) in [6, 6.07) is 13.9. The Morgan fingerprint density at radius 1 is 1.19 bits per heavy atom. The van der Waals surface area contributed by atoms with Crippen molar-refractivity contribution in [1.29, 1.82) is 0 Å². The molecule has 0 saturated carbocycles. The molecule has 0 aliphatic rings. The van der Waals surface area contributed by atoms with E-state index in [1.807, 2.05) is 24.3 Å². The van der Waals surface area contributed by atoms with E-state index in [0.717, 1.165) is 5.32 Å². The van der Waals surface area contributed by atoms with Crippen LogP contribution in [0.5, 0.6) is 0 Å². The predicted molar refractivity (Wildman–Crippen MR) is 66.8 cm³/mol. The number of aromatic carboxylic acids is 1. The molecule has 1 aromatic heterocycles. The number of carbonyl (C=O) groups is 1. The summed E-state index contributed by atoms with van der Waals surface area (Å²) in [5, 5.41) is 9.82. The van der Waals surface area contributed by atoms with Crippen LogP contribution in [0.15, 0.2) is 42.5 Å². The number of benzene rings is 1. The van der Waals surface area contributed by atoms with Crippen LogP contribution in [-0.2, 0) is 5.32 Å². The molecule has 1 aromatic carbocycles. The molecule has 0 bridgehead atoms. The Hall–Kier alpha value is -1.09. The van der Waals surface area contributed by atoms with Crippen molar-refractivity contribution in [2.45, 2.75) is 5.32 Å². The first-order valence-electron chi connectivity index (χ1n) is 4.75. The summed E-state index contributed by atoms with van der Waals surface area (Å²) in [5.41, 5.74) is 1.31. The van der Waals surface area contributed by atoms with Gasteiger partial charge in [0.2, 0.25) is 0 Å². The van der Waals surface area contributed by atoms with Crippen molar-refractivity contribution >= 4 is 36.0 Å². The van der Waals surface area contributed by atoms with Crippen LogP contribution < -0.4 is 3.78 Å². The fraction of sp³-hybridized carbons (Fsp3) is 0.0833. The molecule has 82 valence electrons. The second-order valence-corrected chi connectivity index (χ2v) is 7.00. The molecule has 0 amide bonds. The Labute approximate surface area is 104 Å². The van der Waals surface area contributed by atoms with E-state index in [4.69, 9.17) is 5.11 Å². The Kier molecular flexibility index (Phi) is 3.78. The van der Waals surface area contributed by atoms with Gasteiger partial charge >= 0.3 is 104 Å². The van der Waals surface area contributed by atoms with E-state index in [0.29, 0.717) is 19.8 Å². The van der Waals surface area contributed by atoms with Gasteiger partial charge in [-0.25, -0.2) is 0 Å². The van der Waals surface area contributed by atoms with Crippen LogP contribution in [0.4, 0.5) is 0 Å². The zero-order valence-electron chi connectivity index (χ0n) is 8.42. The molecule has 0 unspecified atom stereocenters. The van der Waals surface area contributed by atoms with Crippen molar-refractivity contribution in [1.82, 2.24) is 0 Å². The monoisotopic (exact) mass is 298 g/mol. The van der Waals surface area contributed by atoms with Crippen LogP contribution in [-0.4, -0.2) is 26.0 Å². The molecule has 1 heterocycles. The zero-order valence-corrected chi connectivity index (χ0v) is 11.0. The zero-order chi connectivity index (χ0) is 11.4. The number of carboxylic acids is 1. The van der Waals surface area contributed by atoms with Gasteiger partial charge in [0, 0.05) is 0 Å². The number of hydrogen-bond acceptors (Lipinski definition) is 2. The number of carboxylic acid groups (broad SMARTS) is 1. The number of rotatable bonds is 4. The van der Waals surface area contributed by atoms with Gasteiger partial charge in [0.1, 0.15) is 0 Å². The van der Waals surface area contributed by atoms with Gasteiger partial charge in [-0.15, -0.1) is 0 Å². The van der Waals surface area contributed by atoms with Crippen LogP contribution in [0.1, 0.15) is 15.2 Å². The normalized spacial score (nSPS) is 10.2. The third kappa shape index (κ3) is 2.95. The van der Waals surface area contributed by atoms with Crippen molar-refractivity contribution < 1.29 is 9.90 Å². The first-order valence-corrected chi connectivity index (χ1v) is 7.64. The van der Waals surface area contributed by atoms with Crippen LogP contribution in [0, 0.1) is 0 Å². The molecule has 2 aromatic rings. The van der Waals surface area contributed by atoms with Gasteiger partial charge in [-0.05, 0) is 0 Å². The molecule has 1 N–H and O–H groups in total. The second kappa shape index (κ2) is 5.30. The second-order valence-electron chi connectivity index (χ2n) is 3.20. The van der Waals surface area contributed by atoms with Gasteiger partial charge in [-0.1, -0.05) is 0 Å². The standard InChI is InChI=1S/C12H10O2SSe/c13-12(14)10-6-7-11(15-10)16-8-9-4-2-1-3-5-9/h1-7H,8H2,(H,13,14). The van der Waals surface area contributed by atoms with Crippen LogP contribution in [0.2, 0.25) is 0 Å².